The first-order valence-corrected chi connectivity index (χ1v) is 7.30. The molecule has 0 bridgehead atoms. The number of para-hydroxylation sites is 1. The first kappa shape index (κ1) is 13.6. The van der Waals surface area contributed by atoms with Crippen LogP contribution in [0.25, 0.3) is 10.9 Å². The van der Waals surface area contributed by atoms with Gasteiger partial charge in [0.2, 0.25) is 0 Å². The summed E-state index contributed by atoms with van der Waals surface area (Å²) in [5.41, 5.74) is 3.42. The predicted octanol–water partition coefficient (Wildman–Crippen LogP) is 4.92. The number of rotatable bonds is 2. The molecule has 2 aromatic carbocycles. The Kier molecular flexibility index (Phi) is 3.59. The monoisotopic (exact) mass is 337 g/mol. The van der Waals surface area contributed by atoms with Crippen molar-refractivity contribution in [2.24, 2.45) is 0 Å². The van der Waals surface area contributed by atoms with E-state index < -0.39 is 0 Å². The second kappa shape index (κ2) is 5.55. The number of aryl methyl sites for hydroxylation is 1. The van der Waals surface area contributed by atoms with Crippen molar-refractivity contribution in [3.05, 3.63) is 64.1 Å². The summed E-state index contributed by atoms with van der Waals surface area (Å²) in [5.74, 6) is 0.572. The average Bonchev–Trinajstić information content (AvgIpc) is 2.51. The van der Waals surface area contributed by atoms with E-state index in [0.717, 1.165) is 26.6 Å². The van der Waals surface area contributed by atoms with Crippen LogP contribution in [0.1, 0.15) is 11.1 Å². The van der Waals surface area contributed by atoms with Crippen LogP contribution in [0.3, 0.4) is 0 Å². The van der Waals surface area contributed by atoms with Crippen molar-refractivity contribution in [2.75, 3.05) is 5.32 Å². The SMILES string of the molecule is Cc1cccc(Nc2nc3ccccc3cc2C#N)c1Br. The molecule has 3 rings (SSSR count). The minimum Gasteiger partial charge on any atom is -0.338 e. The lowest BCUT2D eigenvalue weighted by atomic mass is 10.1. The van der Waals surface area contributed by atoms with Gasteiger partial charge in [-0.3, -0.25) is 0 Å². The molecule has 1 aromatic heterocycles. The van der Waals surface area contributed by atoms with E-state index >= 15 is 0 Å². The fourth-order valence-electron chi connectivity index (χ4n) is 2.17. The number of nitrogens with zero attached hydrogens (tertiary/aromatic N) is 2. The van der Waals surface area contributed by atoms with E-state index in [2.05, 4.69) is 32.3 Å². The number of fused-ring (bicyclic) bond motifs is 1. The number of nitriles is 1. The number of hydrogen-bond donors (Lipinski definition) is 1. The summed E-state index contributed by atoms with van der Waals surface area (Å²) in [4.78, 5) is 4.56. The smallest absolute Gasteiger partial charge is 0.149 e. The third-order valence-electron chi connectivity index (χ3n) is 3.29. The van der Waals surface area contributed by atoms with Crippen LogP contribution in [-0.4, -0.2) is 4.98 Å². The summed E-state index contributed by atoms with van der Waals surface area (Å²) in [6, 6.07) is 17.8. The van der Waals surface area contributed by atoms with Crippen molar-refractivity contribution < 1.29 is 0 Å². The highest BCUT2D eigenvalue weighted by Gasteiger charge is 2.09. The largest absolute Gasteiger partial charge is 0.338 e. The first-order chi connectivity index (χ1) is 10.2. The van der Waals surface area contributed by atoms with Crippen molar-refractivity contribution in [2.45, 2.75) is 6.92 Å². The Balaban J connectivity index is 2.11. The molecular formula is C17H12BrN3. The molecule has 0 amide bonds. The van der Waals surface area contributed by atoms with Gasteiger partial charge in [-0.15, -0.1) is 0 Å². The molecule has 0 aliphatic heterocycles. The van der Waals surface area contributed by atoms with Crippen LogP contribution in [0, 0.1) is 18.3 Å². The van der Waals surface area contributed by atoms with E-state index in [4.69, 9.17) is 0 Å². The van der Waals surface area contributed by atoms with Crippen molar-refractivity contribution in [1.82, 2.24) is 4.98 Å². The number of nitrogens with one attached hydrogen (secondary N) is 1. The topological polar surface area (TPSA) is 48.7 Å². The van der Waals surface area contributed by atoms with Crippen LogP contribution in [0.2, 0.25) is 0 Å². The van der Waals surface area contributed by atoms with E-state index in [-0.39, 0.29) is 0 Å². The molecule has 1 heterocycles. The number of aromatic nitrogens is 1. The fraction of sp³-hybridized carbons (Fsp3) is 0.0588. The van der Waals surface area contributed by atoms with E-state index in [1.807, 2.05) is 55.5 Å². The Morgan fingerprint density at radius 2 is 1.95 bits per heavy atom. The third kappa shape index (κ3) is 2.61. The Morgan fingerprint density at radius 3 is 2.76 bits per heavy atom. The molecular weight excluding hydrogens is 326 g/mol. The van der Waals surface area contributed by atoms with Gasteiger partial charge >= 0.3 is 0 Å². The highest BCUT2D eigenvalue weighted by atomic mass is 79.9. The van der Waals surface area contributed by atoms with Crippen LogP contribution in [0.4, 0.5) is 11.5 Å². The lowest BCUT2D eigenvalue weighted by Crippen LogP contribution is -1.99. The Morgan fingerprint density at radius 1 is 1.14 bits per heavy atom. The van der Waals surface area contributed by atoms with Crippen LogP contribution < -0.4 is 5.32 Å². The van der Waals surface area contributed by atoms with Gasteiger partial charge in [-0.2, -0.15) is 5.26 Å². The van der Waals surface area contributed by atoms with Crippen LogP contribution in [0.5, 0.6) is 0 Å². The fourth-order valence-corrected chi connectivity index (χ4v) is 2.53. The summed E-state index contributed by atoms with van der Waals surface area (Å²) >= 11 is 3.56. The maximum atomic E-state index is 9.34. The number of hydrogen-bond acceptors (Lipinski definition) is 3. The quantitative estimate of drug-likeness (QED) is 0.721. The number of pyridine rings is 1. The molecule has 0 spiro atoms. The third-order valence-corrected chi connectivity index (χ3v) is 4.34. The Bertz CT molecular complexity index is 866. The molecule has 3 nitrogen and oxygen atoms in total. The second-order valence-corrected chi connectivity index (χ2v) is 5.54. The summed E-state index contributed by atoms with van der Waals surface area (Å²) in [6.45, 7) is 2.02. The molecule has 0 aliphatic rings. The molecule has 0 radical (unpaired) electrons. The summed E-state index contributed by atoms with van der Waals surface area (Å²) < 4.78 is 0.976. The lowest BCUT2D eigenvalue weighted by Gasteiger charge is -2.11. The molecule has 0 fully saturated rings. The normalized spacial score (nSPS) is 10.3. The maximum absolute atomic E-state index is 9.34. The standard InChI is InChI=1S/C17H12BrN3/c1-11-5-4-8-15(16(11)18)21-17-13(10-19)9-12-6-2-3-7-14(12)20-17/h2-9H,1H3,(H,20,21). The van der Waals surface area contributed by atoms with E-state index in [1.165, 1.54) is 0 Å². The highest BCUT2D eigenvalue weighted by molar-refractivity contribution is 9.10. The van der Waals surface area contributed by atoms with Crippen molar-refractivity contribution in [3.8, 4) is 6.07 Å². The number of halogens is 1. The van der Waals surface area contributed by atoms with Crippen LogP contribution in [0.15, 0.2) is 53.0 Å². The average molecular weight is 338 g/mol. The first-order valence-electron chi connectivity index (χ1n) is 6.51. The van der Waals surface area contributed by atoms with E-state index in [1.54, 1.807) is 0 Å². The molecule has 0 saturated carbocycles. The van der Waals surface area contributed by atoms with Gasteiger partial charge in [-0.05, 0) is 46.6 Å². The number of anilines is 2. The van der Waals surface area contributed by atoms with Crippen molar-refractivity contribution >= 4 is 38.3 Å². The summed E-state index contributed by atoms with van der Waals surface area (Å²) in [6.07, 6.45) is 0. The molecule has 0 saturated heterocycles. The van der Waals surface area contributed by atoms with Gasteiger partial charge in [-0.25, -0.2) is 4.98 Å². The Labute approximate surface area is 131 Å². The molecule has 102 valence electrons. The highest BCUT2D eigenvalue weighted by Crippen LogP contribution is 2.30. The predicted molar refractivity (Wildman–Crippen MR) is 88.6 cm³/mol. The van der Waals surface area contributed by atoms with E-state index in [0.29, 0.717) is 11.4 Å². The molecule has 0 unspecified atom stereocenters. The molecule has 3 aromatic rings. The van der Waals surface area contributed by atoms with Crippen LogP contribution >= 0.6 is 15.9 Å². The molecule has 1 N–H and O–H groups in total. The van der Waals surface area contributed by atoms with Crippen molar-refractivity contribution in [3.63, 3.8) is 0 Å². The van der Waals surface area contributed by atoms with Gasteiger partial charge in [0.05, 0.1) is 16.8 Å². The van der Waals surface area contributed by atoms with Gasteiger partial charge in [0.15, 0.2) is 0 Å². The minimum absolute atomic E-state index is 0.530. The molecule has 0 atom stereocenters. The van der Waals surface area contributed by atoms with Gasteiger partial charge in [0.25, 0.3) is 0 Å². The second-order valence-electron chi connectivity index (χ2n) is 4.75. The summed E-state index contributed by atoms with van der Waals surface area (Å²) in [5, 5.41) is 13.5. The van der Waals surface area contributed by atoms with Crippen molar-refractivity contribution in [1.29, 1.82) is 5.26 Å². The Hall–Kier alpha value is -2.38. The molecule has 21 heavy (non-hydrogen) atoms. The van der Waals surface area contributed by atoms with Gasteiger partial charge in [0.1, 0.15) is 11.9 Å². The van der Waals surface area contributed by atoms with Crippen LogP contribution in [-0.2, 0) is 0 Å². The summed E-state index contributed by atoms with van der Waals surface area (Å²) in [7, 11) is 0. The van der Waals surface area contributed by atoms with Gasteiger partial charge in [-0.1, -0.05) is 30.3 Å². The van der Waals surface area contributed by atoms with E-state index in [9.17, 15) is 5.26 Å². The lowest BCUT2D eigenvalue weighted by molar-refractivity contribution is 1.32. The molecule has 4 heteroatoms. The minimum atomic E-state index is 0.530. The zero-order chi connectivity index (χ0) is 14.8. The van der Waals surface area contributed by atoms with Gasteiger partial charge < -0.3 is 5.32 Å². The zero-order valence-corrected chi connectivity index (χ0v) is 13.0. The van der Waals surface area contributed by atoms with Gasteiger partial charge in [0, 0.05) is 9.86 Å². The number of benzene rings is 2. The molecule has 0 aliphatic carbocycles. The maximum Gasteiger partial charge on any atom is 0.149 e. The zero-order valence-electron chi connectivity index (χ0n) is 11.4.